The number of hydrogen-bond acceptors (Lipinski definition) is 5. The van der Waals surface area contributed by atoms with Gasteiger partial charge < -0.3 is 4.74 Å². The first kappa shape index (κ1) is 20.8. The Balaban J connectivity index is 1.59. The SMILES string of the molecule is C[C@H]1/C(=N/OC(=O)Oc2ccccc2)C[C@H](c2ccccc2)N(C)[C@@H]1c1ccccc1. The zero-order valence-corrected chi connectivity index (χ0v) is 17.7. The van der Waals surface area contributed by atoms with Crippen LogP contribution in [0.5, 0.6) is 5.75 Å². The van der Waals surface area contributed by atoms with Crippen LogP contribution in [-0.4, -0.2) is 23.8 Å². The van der Waals surface area contributed by atoms with Crippen molar-refractivity contribution in [2.45, 2.75) is 25.4 Å². The summed E-state index contributed by atoms with van der Waals surface area (Å²) in [6.07, 6.45) is -0.166. The Morgan fingerprint density at radius 3 is 2.03 bits per heavy atom. The molecule has 1 fully saturated rings. The first-order valence-corrected chi connectivity index (χ1v) is 10.5. The van der Waals surface area contributed by atoms with Crippen LogP contribution in [-0.2, 0) is 4.84 Å². The monoisotopic (exact) mass is 414 g/mol. The zero-order valence-electron chi connectivity index (χ0n) is 17.7. The van der Waals surface area contributed by atoms with E-state index in [-0.39, 0.29) is 18.0 Å². The van der Waals surface area contributed by atoms with E-state index in [2.05, 4.69) is 48.3 Å². The highest BCUT2D eigenvalue weighted by atomic mass is 16.8. The number of piperidine rings is 1. The molecule has 1 heterocycles. The van der Waals surface area contributed by atoms with Gasteiger partial charge in [-0.15, -0.1) is 0 Å². The van der Waals surface area contributed by atoms with Gasteiger partial charge in [0.05, 0.1) is 5.71 Å². The van der Waals surface area contributed by atoms with Crippen molar-refractivity contribution in [2.24, 2.45) is 11.1 Å². The third-order valence-corrected chi connectivity index (χ3v) is 5.84. The first-order valence-electron chi connectivity index (χ1n) is 10.5. The van der Waals surface area contributed by atoms with Crippen molar-refractivity contribution in [1.82, 2.24) is 4.90 Å². The number of ether oxygens (including phenoxy) is 1. The van der Waals surface area contributed by atoms with Crippen molar-refractivity contribution >= 4 is 11.9 Å². The van der Waals surface area contributed by atoms with Crippen LogP contribution < -0.4 is 4.74 Å². The summed E-state index contributed by atoms with van der Waals surface area (Å²) >= 11 is 0. The molecule has 5 nitrogen and oxygen atoms in total. The number of likely N-dealkylation sites (tertiary alicyclic amines) is 1. The molecule has 1 saturated heterocycles. The van der Waals surface area contributed by atoms with Gasteiger partial charge in [0.15, 0.2) is 0 Å². The molecule has 0 amide bonds. The van der Waals surface area contributed by atoms with E-state index in [1.165, 1.54) is 11.1 Å². The number of benzene rings is 3. The third-order valence-electron chi connectivity index (χ3n) is 5.84. The highest BCUT2D eigenvalue weighted by Crippen LogP contribution is 2.42. The fourth-order valence-electron chi connectivity index (χ4n) is 4.28. The molecule has 158 valence electrons. The van der Waals surface area contributed by atoms with E-state index in [9.17, 15) is 4.79 Å². The average Bonchev–Trinajstić information content (AvgIpc) is 2.80. The Morgan fingerprint density at radius 1 is 0.871 bits per heavy atom. The number of rotatable bonds is 4. The molecule has 0 aliphatic carbocycles. The highest BCUT2D eigenvalue weighted by molar-refractivity contribution is 5.89. The Morgan fingerprint density at radius 2 is 1.42 bits per heavy atom. The zero-order chi connectivity index (χ0) is 21.6. The van der Waals surface area contributed by atoms with E-state index in [1.807, 2.05) is 42.5 Å². The number of hydrogen-bond donors (Lipinski definition) is 0. The van der Waals surface area contributed by atoms with Gasteiger partial charge >= 0.3 is 6.16 Å². The molecule has 3 atom stereocenters. The molecule has 0 aromatic heterocycles. The number of oxime groups is 1. The molecular formula is C26H26N2O3. The smallest absolute Gasteiger partial charge is 0.393 e. The fraction of sp³-hybridized carbons (Fsp3) is 0.231. The van der Waals surface area contributed by atoms with Crippen molar-refractivity contribution in [3.63, 3.8) is 0 Å². The molecule has 3 aromatic rings. The molecule has 0 unspecified atom stereocenters. The topological polar surface area (TPSA) is 51.1 Å². The van der Waals surface area contributed by atoms with Crippen LogP contribution in [0.4, 0.5) is 4.79 Å². The second-order valence-electron chi connectivity index (χ2n) is 7.78. The second kappa shape index (κ2) is 9.58. The molecule has 3 aromatic carbocycles. The molecule has 0 N–H and O–H groups in total. The minimum atomic E-state index is -0.836. The predicted molar refractivity (Wildman–Crippen MR) is 121 cm³/mol. The summed E-state index contributed by atoms with van der Waals surface area (Å²) < 4.78 is 5.21. The normalized spacial score (nSPS) is 22.8. The van der Waals surface area contributed by atoms with Gasteiger partial charge in [-0.3, -0.25) is 9.74 Å². The maximum Gasteiger partial charge on any atom is 0.540 e. The second-order valence-corrected chi connectivity index (χ2v) is 7.78. The van der Waals surface area contributed by atoms with Crippen LogP contribution in [0.3, 0.4) is 0 Å². The summed E-state index contributed by atoms with van der Waals surface area (Å²) in [6, 6.07) is 29.8. The molecule has 1 aliphatic rings. The first-order chi connectivity index (χ1) is 15.1. The minimum Gasteiger partial charge on any atom is -0.393 e. The maximum absolute atomic E-state index is 12.2. The van der Waals surface area contributed by atoms with E-state index in [4.69, 9.17) is 9.57 Å². The molecule has 0 bridgehead atoms. The van der Waals surface area contributed by atoms with Gasteiger partial charge in [0.25, 0.3) is 0 Å². The molecule has 0 saturated carbocycles. The van der Waals surface area contributed by atoms with Crippen LogP contribution in [0.2, 0.25) is 0 Å². The molecule has 0 spiro atoms. The molecule has 4 rings (SSSR count). The molecule has 0 radical (unpaired) electrons. The quantitative estimate of drug-likeness (QED) is 0.227. The standard InChI is InChI=1S/C26H26N2O3/c1-19-23(27-31-26(29)30-22-16-10-5-11-17-22)18-24(20-12-6-3-7-13-20)28(2)25(19)21-14-8-4-9-15-21/h3-17,19,24-25H,18H2,1-2H3/b27-23+/t19-,24+,25-/m0/s1. The Kier molecular flexibility index (Phi) is 6.43. The third kappa shape index (κ3) is 4.84. The lowest BCUT2D eigenvalue weighted by Crippen LogP contribution is -2.42. The van der Waals surface area contributed by atoms with Crippen molar-refractivity contribution in [2.75, 3.05) is 7.05 Å². The van der Waals surface area contributed by atoms with Crippen LogP contribution in [0, 0.1) is 5.92 Å². The number of carbonyl (C=O) groups is 1. The minimum absolute atomic E-state index is 0.0666. The van der Waals surface area contributed by atoms with Crippen LogP contribution in [0.1, 0.15) is 36.6 Å². The summed E-state index contributed by atoms with van der Waals surface area (Å²) in [5, 5.41) is 4.26. The van der Waals surface area contributed by atoms with Crippen LogP contribution >= 0.6 is 0 Å². The lowest BCUT2D eigenvalue weighted by atomic mass is 9.80. The van der Waals surface area contributed by atoms with E-state index < -0.39 is 6.16 Å². The van der Waals surface area contributed by atoms with E-state index in [0.29, 0.717) is 12.2 Å². The van der Waals surface area contributed by atoms with Gasteiger partial charge in [-0.05, 0) is 30.3 Å². The van der Waals surface area contributed by atoms with Gasteiger partial charge in [-0.1, -0.05) is 90.9 Å². The predicted octanol–water partition coefficient (Wildman–Crippen LogP) is 6.01. The summed E-state index contributed by atoms with van der Waals surface area (Å²) in [5.74, 6) is 0.491. The average molecular weight is 415 g/mol. The van der Waals surface area contributed by atoms with Gasteiger partial charge in [-0.25, -0.2) is 4.79 Å². The van der Waals surface area contributed by atoms with Gasteiger partial charge in [0, 0.05) is 24.4 Å². The van der Waals surface area contributed by atoms with Crippen molar-refractivity contribution in [1.29, 1.82) is 0 Å². The van der Waals surface area contributed by atoms with Gasteiger partial charge in [0.2, 0.25) is 0 Å². The number of nitrogens with zero attached hydrogens (tertiary/aromatic N) is 2. The van der Waals surface area contributed by atoms with E-state index >= 15 is 0 Å². The van der Waals surface area contributed by atoms with Crippen LogP contribution in [0.15, 0.2) is 96.2 Å². The lowest BCUT2D eigenvalue weighted by Gasteiger charge is -2.44. The maximum atomic E-state index is 12.2. The number of para-hydroxylation sites is 1. The van der Waals surface area contributed by atoms with Gasteiger partial charge in [0.1, 0.15) is 5.75 Å². The lowest BCUT2D eigenvalue weighted by molar-refractivity contribution is 0.0946. The molecule has 5 heteroatoms. The summed E-state index contributed by atoms with van der Waals surface area (Å²) in [7, 11) is 2.15. The number of carbonyl (C=O) groups excluding carboxylic acids is 1. The fourth-order valence-corrected chi connectivity index (χ4v) is 4.28. The van der Waals surface area contributed by atoms with Crippen LogP contribution in [0.25, 0.3) is 0 Å². The van der Waals surface area contributed by atoms with E-state index in [1.54, 1.807) is 24.3 Å². The highest BCUT2D eigenvalue weighted by Gasteiger charge is 2.38. The summed E-state index contributed by atoms with van der Waals surface area (Å²) in [6.45, 7) is 2.13. The summed E-state index contributed by atoms with van der Waals surface area (Å²) in [5.41, 5.74) is 3.25. The summed E-state index contributed by atoms with van der Waals surface area (Å²) in [4.78, 5) is 19.7. The largest absolute Gasteiger partial charge is 0.540 e. The Labute approximate surface area is 182 Å². The molecule has 1 aliphatic heterocycles. The molecular weight excluding hydrogens is 388 g/mol. The van der Waals surface area contributed by atoms with Crippen molar-refractivity contribution in [3.05, 3.63) is 102 Å². The van der Waals surface area contributed by atoms with Gasteiger partial charge in [-0.2, -0.15) is 0 Å². The van der Waals surface area contributed by atoms with Crippen molar-refractivity contribution < 1.29 is 14.4 Å². The Hall–Kier alpha value is -3.44. The molecule has 31 heavy (non-hydrogen) atoms. The Bertz CT molecular complexity index is 1020. The van der Waals surface area contributed by atoms with E-state index in [0.717, 1.165) is 5.71 Å². The van der Waals surface area contributed by atoms with Crippen molar-refractivity contribution in [3.8, 4) is 5.75 Å².